The molecule has 1 unspecified atom stereocenters. The Morgan fingerprint density at radius 3 is 2.55 bits per heavy atom. The molecule has 0 aliphatic heterocycles. The Bertz CT molecular complexity index is 1130. The topological polar surface area (TPSA) is 62.4 Å². The molecule has 0 aliphatic rings. The van der Waals surface area contributed by atoms with Crippen LogP contribution in [0.3, 0.4) is 0 Å². The van der Waals surface area contributed by atoms with E-state index in [1.54, 1.807) is 7.11 Å². The van der Waals surface area contributed by atoms with Crippen LogP contribution in [-0.4, -0.2) is 23.4 Å². The second-order valence-electron chi connectivity index (χ2n) is 7.52. The second-order valence-corrected chi connectivity index (χ2v) is 9.34. The number of anilines is 3. The first-order chi connectivity index (χ1) is 15.9. The SMILES string of the molecule is CCc1cccc(C)c1NC(=O)C(C)Sc1cccc(NC(=S)Nc2ccccc2OC)c1. The first-order valence-electron chi connectivity index (χ1n) is 10.8. The van der Waals surface area contributed by atoms with Gasteiger partial charge in [0.15, 0.2) is 5.11 Å². The van der Waals surface area contributed by atoms with Gasteiger partial charge in [-0.05, 0) is 73.9 Å². The summed E-state index contributed by atoms with van der Waals surface area (Å²) in [6, 6.07) is 21.5. The number of amides is 1. The molecule has 3 rings (SSSR count). The molecule has 0 heterocycles. The van der Waals surface area contributed by atoms with Gasteiger partial charge in [-0.25, -0.2) is 0 Å². The molecule has 3 aromatic rings. The van der Waals surface area contributed by atoms with Gasteiger partial charge in [-0.3, -0.25) is 4.79 Å². The van der Waals surface area contributed by atoms with Gasteiger partial charge in [0, 0.05) is 16.3 Å². The summed E-state index contributed by atoms with van der Waals surface area (Å²) in [6.45, 7) is 6.02. The number of carbonyl (C=O) groups is 1. The van der Waals surface area contributed by atoms with Crippen molar-refractivity contribution in [3.8, 4) is 5.75 Å². The fourth-order valence-electron chi connectivity index (χ4n) is 3.36. The van der Waals surface area contributed by atoms with Crippen molar-refractivity contribution < 1.29 is 9.53 Å². The average molecular weight is 480 g/mol. The van der Waals surface area contributed by atoms with Crippen molar-refractivity contribution in [1.29, 1.82) is 0 Å². The fraction of sp³-hybridized carbons (Fsp3) is 0.231. The van der Waals surface area contributed by atoms with E-state index >= 15 is 0 Å². The lowest BCUT2D eigenvalue weighted by atomic mass is 10.1. The largest absolute Gasteiger partial charge is 0.495 e. The van der Waals surface area contributed by atoms with Crippen LogP contribution in [0.25, 0.3) is 0 Å². The number of thioether (sulfide) groups is 1. The predicted octanol–water partition coefficient (Wildman–Crippen LogP) is 6.49. The lowest BCUT2D eigenvalue weighted by Gasteiger charge is -2.17. The first-order valence-corrected chi connectivity index (χ1v) is 12.1. The molecule has 0 saturated carbocycles. The Morgan fingerprint density at radius 1 is 1.03 bits per heavy atom. The predicted molar refractivity (Wildman–Crippen MR) is 144 cm³/mol. The van der Waals surface area contributed by atoms with Crippen LogP contribution in [0.2, 0.25) is 0 Å². The van der Waals surface area contributed by atoms with E-state index < -0.39 is 0 Å². The molecule has 0 fully saturated rings. The Morgan fingerprint density at radius 2 is 1.79 bits per heavy atom. The third-order valence-electron chi connectivity index (χ3n) is 5.12. The minimum Gasteiger partial charge on any atom is -0.495 e. The maximum Gasteiger partial charge on any atom is 0.237 e. The molecule has 3 aromatic carbocycles. The zero-order valence-corrected chi connectivity index (χ0v) is 20.9. The smallest absolute Gasteiger partial charge is 0.237 e. The minimum atomic E-state index is -0.261. The standard InChI is InChI=1S/C26H29N3O2S2/c1-5-19-11-8-10-17(2)24(19)29-25(30)18(3)33-21-13-9-12-20(16-21)27-26(32)28-22-14-6-7-15-23(22)31-4/h6-16,18H,5H2,1-4H3,(H,29,30)(H2,27,28,32). The van der Waals surface area contributed by atoms with Crippen molar-refractivity contribution in [2.75, 3.05) is 23.1 Å². The summed E-state index contributed by atoms with van der Waals surface area (Å²) in [5.74, 6) is 0.696. The van der Waals surface area contributed by atoms with Gasteiger partial charge in [-0.15, -0.1) is 11.8 Å². The van der Waals surface area contributed by atoms with Crippen LogP contribution in [0.5, 0.6) is 5.75 Å². The lowest BCUT2D eigenvalue weighted by molar-refractivity contribution is -0.115. The molecule has 7 heteroatoms. The third-order valence-corrected chi connectivity index (χ3v) is 6.42. The molecule has 0 spiro atoms. The van der Waals surface area contributed by atoms with Crippen LogP contribution < -0.4 is 20.7 Å². The van der Waals surface area contributed by atoms with Crippen LogP contribution in [0, 0.1) is 6.92 Å². The van der Waals surface area contributed by atoms with E-state index in [4.69, 9.17) is 17.0 Å². The van der Waals surface area contributed by atoms with Crippen LogP contribution in [0.1, 0.15) is 25.0 Å². The fourth-order valence-corrected chi connectivity index (χ4v) is 4.52. The Hall–Kier alpha value is -3.03. The van der Waals surface area contributed by atoms with Crippen LogP contribution in [0.15, 0.2) is 71.6 Å². The number of thiocarbonyl (C=S) groups is 1. The number of benzene rings is 3. The van der Waals surface area contributed by atoms with Crippen molar-refractivity contribution in [1.82, 2.24) is 0 Å². The van der Waals surface area contributed by atoms with E-state index in [1.165, 1.54) is 11.8 Å². The van der Waals surface area contributed by atoms with Gasteiger partial charge in [0.25, 0.3) is 0 Å². The van der Waals surface area contributed by atoms with Gasteiger partial charge in [0.05, 0.1) is 18.0 Å². The molecule has 1 amide bonds. The monoisotopic (exact) mass is 479 g/mol. The van der Waals surface area contributed by atoms with E-state index in [9.17, 15) is 4.79 Å². The molecule has 0 aliphatic carbocycles. The number of para-hydroxylation sites is 3. The van der Waals surface area contributed by atoms with Gasteiger partial charge in [-0.2, -0.15) is 0 Å². The van der Waals surface area contributed by atoms with E-state index in [1.807, 2.05) is 74.5 Å². The van der Waals surface area contributed by atoms with Crippen molar-refractivity contribution in [3.05, 3.63) is 77.9 Å². The van der Waals surface area contributed by atoms with E-state index in [0.717, 1.165) is 39.5 Å². The molecule has 0 bridgehead atoms. The van der Waals surface area contributed by atoms with Crippen molar-refractivity contribution in [3.63, 3.8) is 0 Å². The molecule has 0 radical (unpaired) electrons. The van der Waals surface area contributed by atoms with Crippen LogP contribution >= 0.6 is 24.0 Å². The van der Waals surface area contributed by atoms with E-state index in [0.29, 0.717) is 10.9 Å². The summed E-state index contributed by atoms with van der Waals surface area (Å²) in [7, 11) is 1.62. The number of hydrogen-bond donors (Lipinski definition) is 3. The highest BCUT2D eigenvalue weighted by molar-refractivity contribution is 8.00. The number of nitrogens with one attached hydrogen (secondary N) is 3. The van der Waals surface area contributed by atoms with Crippen LogP contribution in [0.4, 0.5) is 17.1 Å². The summed E-state index contributed by atoms with van der Waals surface area (Å²) in [4.78, 5) is 13.8. The summed E-state index contributed by atoms with van der Waals surface area (Å²) in [5.41, 5.74) is 4.76. The number of aryl methyl sites for hydroxylation is 2. The summed E-state index contributed by atoms with van der Waals surface area (Å²) in [6.07, 6.45) is 0.870. The molecular weight excluding hydrogens is 450 g/mol. The van der Waals surface area contributed by atoms with Crippen molar-refractivity contribution in [2.45, 2.75) is 37.3 Å². The number of ether oxygens (including phenoxy) is 1. The molecule has 1 atom stereocenters. The van der Waals surface area contributed by atoms with E-state index in [2.05, 4.69) is 28.9 Å². The highest BCUT2D eigenvalue weighted by Gasteiger charge is 2.17. The molecule has 0 saturated heterocycles. The zero-order valence-electron chi connectivity index (χ0n) is 19.3. The molecule has 172 valence electrons. The van der Waals surface area contributed by atoms with Gasteiger partial charge in [-0.1, -0.05) is 43.3 Å². The van der Waals surface area contributed by atoms with Crippen molar-refractivity contribution in [2.24, 2.45) is 0 Å². The molecule has 33 heavy (non-hydrogen) atoms. The average Bonchev–Trinajstić information content (AvgIpc) is 2.80. The molecule has 5 nitrogen and oxygen atoms in total. The maximum absolute atomic E-state index is 12.9. The molecule has 3 N–H and O–H groups in total. The Kier molecular flexibility index (Phi) is 8.74. The third kappa shape index (κ3) is 6.73. The number of hydrogen-bond acceptors (Lipinski definition) is 4. The highest BCUT2D eigenvalue weighted by Crippen LogP contribution is 2.29. The second kappa shape index (κ2) is 11.7. The lowest BCUT2D eigenvalue weighted by Crippen LogP contribution is -2.23. The number of methoxy groups -OCH3 is 1. The molecular formula is C26H29N3O2S2. The number of carbonyl (C=O) groups excluding carboxylic acids is 1. The molecule has 0 aromatic heterocycles. The van der Waals surface area contributed by atoms with Gasteiger partial charge >= 0.3 is 0 Å². The maximum atomic E-state index is 12.9. The summed E-state index contributed by atoms with van der Waals surface area (Å²) >= 11 is 6.96. The summed E-state index contributed by atoms with van der Waals surface area (Å²) < 4.78 is 5.35. The van der Waals surface area contributed by atoms with Crippen molar-refractivity contribution >= 4 is 52.1 Å². The van der Waals surface area contributed by atoms with Gasteiger partial charge in [0.2, 0.25) is 5.91 Å². The van der Waals surface area contributed by atoms with Gasteiger partial charge < -0.3 is 20.7 Å². The summed E-state index contributed by atoms with van der Waals surface area (Å²) in [5, 5.41) is 9.67. The highest BCUT2D eigenvalue weighted by atomic mass is 32.2. The van der Waals surface area contributed by atoms with Gasteiger partial charge in [0.1, 0.15) is 5.75 Å². The zero-order chi connectivity index (χ0) is 23.8. The van der Waals surface area contributed by atoms with Crippen LogP contribution in [-0.2, 0) is 11.2 Å². The van der Waals surface area contributed by atoms with E-state index in [-0.39, 0.29) is 11.2 Å². The Labute approximate surface area is 205 Å². The Balaban J connectivity index is 1.62. The first kappa shape index (κ1) is 24.6. The normalized spacial score (nSPS) is 11.4. The quantitative estimate of drug-likeness (QED) is 0.253. The number of rotatable bonds is 8. The minimum absolute atomic E-state index is 0.0178.